The molecule has 1 saturated heterocycles. The molecule has 0 aliphatic carbocycles. The van der Waals surface area contributed by atoms with Crippen LogP contribution in [0.1, 0.15) is 24.3 Å². The fourth-order valence-electron chi connectivity index (χ4n) is 1.90. The van der Waals surface area contributed by atoms with E-state index in [4.69, 9.17) is 0 Å². The number of hydrogen-bond acceptors (Lipinski definition) is 4. The Hall–Kier alpha value is -0.390. The molecular formula is C10H15NO2S2. The van der Waals surface area contributed by atoms with E-state index < -0.39 is 9.84 Å². The molecule has 5 heteroatoms. The van der Waals surface area contributed by atoms with Crippen LogP contribution in [0.25, 0.3) is 0 Å². The van der Waals surface area contributed by atoms with Crippen molar-refractivity contribution in [2.75, 3.05) is 11.5 Å². The van der Waals surface area contributed by atoms with Gasteiger partial charge in [-0.3, -0.25) is 0 Å². The van der Waals surface area contributed by atoms with Crippen molar-refractivity contribution in [2.24, 2.45) is 0 Å². The van der Waals surface area contributed by atoms with Crippen LogP contribution in [0.5, 0.6) is 0 Å². The smallest absolute Gasteiger partial charge is 0.151 e. The van der Waals surface area contributed by atoms with Crippen molar-refractivity contribution < 1.29 is 8.42 Å². The molecular weight excluding hydrogens is 230 g/mol. The van der Waals surface area contributed by atoms with Crippen LogP contribution in [0.15, 0.2) is 17.5 Å². The predicted octanol–water partition coefficient (Wildman–Crippen LogP) is 1.59. The second-order valence-electron chi connectivity index (χ2n) is 4.00. The maximum Gasteiger partial charge on any atom is 0.151 e. The van der Waals surface area contributed by atoms with Crippen LogP contribution in [-0.4, -0.2) is 26.0 Å². The van der Waals surface area contributed by atoms with Crippen LogP contribution in [0.2, 0.25) is 0 Å². The Bertz CT molecular complexity index is 411. The zero-order chi connectivity index (χ0) is 10.9. The van der Waals surface area contributed by atoms with Crippen molar-refractivity contribution in [1.82, 2.24) is 5.32 Å². The van der Waals surface area contributed by atoms with Gasteiger partial charge in [-0.1, -0.05) is 6.07 Å². The summed E-state index contributed by atoms with van der Waals surface area (Å²) in [5, 5.41) is 5.41. The average molecular weight is 245 g/mol. The molecule has 0 amide bonds. The van der Waals surface area contributed by atoms with Gasteiger partial charge < -0.3 is 5.32 Å². The van der Waals surface area contributed by atoms with Crippen LogP contribution in [0.4, 0.5) is 0 Å². The molecule has 1 aromatic rings. The summed E-state index contributed by atoms with van der Waals surface area (Å²) in [6.07, 6.45) is 0.748. The first-order valence-electron chi connectivity index (χ1n) is 5.07. The third kappa shape index (κ3) is 2.80. The maximum absolute atomic E-state index is 11.3. The number of nitrogens with one attached hydrogen (secondary N) is 1. The molecule has 0 radical (unpaired) electrons. The van der Waals surface area contributed by atoms with Gasteiger partial charge >= 0.3 is 0 Å². The maximum atomic E-state index is 11.3. The molecule has 3 nitrogen and oxygen atoms in total. The fourth-order valence-corrected chi connectivity index (χ4v) is 4.33. The van der Waals surface area contributed by atoms with E-state index in [0.29, 0.717) is 11.5 Å². The molecule has 1 N–H and O–H groups in total. The van der Waals surface area contributed by atoms with Crippen molar-refractivity contribution in [3.8, 4) is 0 Å². The highest BCUT2D eigenvalue weighted by atomic mass is 32.2. The molecule has 1 aromatic heterocycles. The van der Waals surface area contributed by atoms with Crippen LogP contribution >= 0.6 is 11.3 Å². The van der Waals surface area contributed by atoms with Crippen molar-refractivity contribution >= 4 is 21.2 Å². The second-order valence-corrected chi connectivity index (χ2v) is 7.21. The van der Waals surface area contributed by atoms with E-state index in [1.54, 1.807) is 11.3 Å². The molecule has 2 heterocycles. The van der Waals surface area contributed by atoms with E-state index in [-0.39, 0.29) is 12.1 Å². The second kappa shape index (κ2) is 4.23. The minimum Gasteiger partial charge on any atom is -0.306 e. The highest BCUT2D eigenvalue weighted by molar-refractivity contribution is 7.91. The first kappa shape index (κ1) is 11.1. The van der Waals surface area contributed by atoms with Crippen LogP contribution in [-0.2, 0) is 9.84 Å². The monoisotopic (exact) mass is 245 g/mol. The zero-order valence-electron chi connectivity index (χ0n) is 8.64. The minimum atomic E-state index is -2.77. The van der Waals surface area contributed by atoms with Crippen molar-refractivity contribution in [3.63, 3.8) is 0 Å². The molecule has 2 rings (SSSR count). The molecule has 1 aliphatic heterocycles. The SMILES string of the molecule is C[C@H](N[C@@H]1CCS(=O)(=O)C1)c1cccs1. The van der Waals surface area contributed by atoms with Gasteiger partial charge in [0.1, 0.15) is 0 Å². The summed E-state index contributed by atoms with van der Waals surface area (Å²) < 4.78 is 22.5. The molecule has 1 aliphatic rings. The zero-order valence-corrected chi connectivity index (χ0v) is 10.3. The Morgan fingerprint density at radius 2 is 2.40 bits per heavy atom. The molecule has 0 aromatic carbocycles. The number of hydrogen-bond donors (Lipinski definition) is 1. The Labute approximate surface area is 94.4 Å². The van der Waals surface area contributed by atoms with Gasteiger partial charge in [-0.2, -0.15) is 0 Å². The summed E-state index contributed by atoms with van der Waals surface area (Å²) in [6, 6.07) is 4.48. The Kier molecular flexibility index (Phi) is 3.13. The van der Waals surface area contributed by atoms with Crippen LogP contribution in [0, 0.1) is 0 Å². The topological polar surface area (TPSA) is 46.2 Å². The molecule has 15 heavy (non-hydrogen) atoms. The summed E-state index contributed by atoms with van der Waals surface area (Å²) in [7, 11) is -2.77. The summed E-state index contributed by atoms with van der Waals surface area (Å²) in [6.45, 7) is 2.08. The largest absolute Gasteiger partial charge is 0.306 e. The number of thiophene rings is 1. The van der Waals surface area contributed by atoms with E-state index in [9.17, 15) is 8.42 Å². The summed E-state index contributed by atoms with van der Waals surface area (Å²) >= 11 is 1.70. The van der Waals surface area contributed by atoms with Crippen LogP contribution < -0.4 is 5.32 Å². The standard InChI is InChI=1S/C10H15NO2S2/c1-8(10-3-2-5-14-10)11-9-4-6-15(12,13)7-9/h2-3,5,8-9,11H,4,6-7H2,1H3/t8-,9+/m0/s1. The highest BCUT2D eigenvalue weighted by Crippen LogP contribution is 2.21. The summed E-state index contributed by atoms with van der Waals surface area (Å²) in [4.78, 5) is 1.26. The fraction of sp³-hybridized carbons (Fsp3) is 0.600. The van der Waals surface area contributed by atoms with Gasteiger partial charge in [-0.05, 0) is 24.8 Å². The first-order chi connectivity index (χ1) is 7.07. The number of sulfone groups is 1. The van der Waals surface area contributed by atoms with E-state index in [1.807, 2.05) is 11.4 Å². The molecule has 84 valence electrons. The molecule has 1 fully saturated rings. The lowest BCUT2D eigenvalue weighted by Gasteiger charge is -2.16. The Morgan fingerprint density at radius 3 is 2.93 bits per heavy atom. The molecule has 2 atom stereocenters. The molecule has 0 unspecified atom stereocenters. The minimum absolute atomic E-state index is 0.132. The third-order valence-corrected chi connectivity index (χ3v) is 5.51. The number of rotatable bonds is 3. The van der Waals surface area contributed by atoms with E-state index in [2.05, 4.69) is 18.3 Å². The van der Waals surface area contributed by atoms with E-state index >= 15 is 0 Å². The predicted molar refractivity (Wildman–Crippen MR) is 62.9 cm³/mol. The molecule has 0 spiro atoms. The first-order valence-corrected chi connectivity index (χ1v) is 7.77. The normalized spacial score (nSPS) is 26.6. The molecule has 0 bridgehead atoms. The van der Waals surface area contributed by atoms with Crippen molar-refractivity contribution in [2.45, 2.75) is 25.4 Å². The van der Waals surface area contributed by atoms with Crippen molar-refractivity contribution in [1.29, 1.82) is 0 Å². The van der Waals surface area contributed by atoms with Gasteiger partial charge in [0, 0.05) is 17.0 Å². The van der Waals surface area contributed by atoms with Gasteiger partial charge in [0.05, 0.1) is 11.5 Å². The molecule has 0 saturated carbocycles. The van der Waals surface area contributed by atoms with E-state index in [1.165, 1.54) is 4.88 Å². The average Bonchev–Trinajstić information content (AvgIpc) is 2.74. The van der Waals surface area contributed by atoms with E-state index in [0.717, 1.165) is 6.42 Å². The van der Waals surface area contributed by atoms with Gasteiger partial charge in [0.2, 0.25) is 0 Å². The lowest BCUT2D eigenvalue weighted by molar-refractivity contribution is 0.490. The van der Waals surface area contributed by atoms with Crippen molar-refractivity contribution in [3.05, 3.63) is 22.4 Å². The highest BCUT2D eigenvalue weighted by Gasteiger charge is 2.28. The summed E-state index contributed by atoms with van der Waals surface area (Å²) in [5.41, 5.74) is 0. The quantitative estimate of drug-likeness (QED) is 0.879. The van der Waals surface area contributed by atoms with Gasteiger partial charge in [-0.15, -0.1) is 11.3 Å². The van der Waals surface area contributed by atoms with Gasteiger partial charge in [-0.25, -0.2) is 8.42 Å². The lowest BCUT2D eigenvalue weighted by atomic mass is 10.2. The van der Waals surface area contributed by atoms with Crippen LogP contribution in [0.3, 0.4) is 0 Å². The Balaban J connectivity index is 1.94. The lowest BCUT2D eigenvalue weighted by Crippen LogP contribution is -2.31. The third-order valence-electron chi connectivity index (χ3n) is 2.69. The van der Waals surface area contributed by atoms with Gasteiger partial charge in [0.25, 0.3) is 0 Å². The summed E-state index contributed by atoms with van der Waals surface area (Å²) in [5.74, 6) is 0.630. The Morgan fingerprint density at radius 1 is 1.60 bits per heavy atom. The van der Waals surface area contributed by atoms with Gasteiger partial charge in [0.15, 0.2) is 9.84 Å².